The van der Waals surface area contributed by atoms with Gasteiger partial charge in [0.25, 0.3) is 0 Å². The topological polar surface area (TPSA) is 53.7 Å². The first-order valence-electron chi connectivity index (χ1n) is 8.49. The van der Waals surface area contributed by atoms with Crippen LogP contribution in [0, 0.1) is 0 Å². The molecule has 0 aliphatic carbocycles. The second-order valence-corrected chi connectivity index (χ2v) is 5.39. The molecule has 22 heavy (non-hydrogen) atoms. The second kappa shape index (κ2) is 10.3. The molecule has 1 aromatic carbocycles. The summed E-state index contributed by atoms with van der Waals surface area (Å²) < 4.78 is 17.6. The van der Waals surface area contributed by atoms with Crippen LogP contribution < -0.4 is 19.9 Å². The molecule has 0 aliphatic heterocycles. The molecular formula is C18H31NO3. The van der Waals surface area contributed by atoms with Crippen molar-refractivity contribution in [2.75, 3.05) is 19.8 Å². The molecule has 0 saturated carbocycles. The number of rotatable bonds is 11. The molecule has 0 saturated heterocycles. The molecule has 0 radical (unpaired) electrons. The Hall–Kier alpha value is -1.42. The molecule has 4 heteroatoms. The van der Waals surface area contributed by atoms with Gasteiger partial charge in [-0.3, -0.25) is 0 Å². The Balaban J connectivity index is 3.19. The summed E-state index contributed by atoms with van der Waals surface area (Å²) in [4.78, 5) is 0. The highest BCUT2D eigenvalue weighted by Gasteiger charge is 2.19. The monoisotopic (exact) mass is 309 g/mol. The maximum atomic E-state index is 6.29. The van der Waals surface area contributed by atoms with Crippen LogP contribution in [-0.4, -0.2) is 19.8 Å². The van der Waals surface area contributed by atoms with Crippen molar-refractivity contribution in [3.63, 3.8) is 0 Å². The SMILES string of the molecule is CCCOc1cc(OCCC)c(C(N)CC)c(OCCC)c1. The van der Waals surface area contributed by atoms with Crippen molar-refractivity contribution in [1.82, 2.24) is 0 Å². The van der Waals surface area contributed by atoms with E-state index >= 15 is 0 Å². The largest absolute Gasteiger partial charge is 0.493 e. The number of benzene rings is 1. The van der Waals surface area contributed by atoms with Gasteiger partial charge in [-0.25, -0.2) is 0 Å². The van der Waals surface area contributed by atoms with Crippen molar-refractivity contribution < 1.29 is 14.2 Å². The fourth-order valence-corrected chi connectivity index (χ4v) is 2.11. The lowest BCUT2D eigenvalue weighted by Gasteiger charge is -2.21. The number of hydrogen-bond acceptors (Lipinski definition) is 4. The van der Waals surface area contributed by atoms with E-state index in [1.807, 2.05) is 12.1 Å². The minimum atomic E-state index is -0.0982. The van der Waals surface area contributed by atoms with Gasteiger partial charge < -0.3 is 19.9 Å². The number of hydrogen-bond donors (Lipinski definition) is 1. The molecule has 1 atom stereocenters. The van der Waals surface area contributed by atoms with Crippen LogP contribution in [-0.2, 0) is 0 Å². The third kappa shape index (κ3) is 5.41. The quantitative estimate of drug-likeness (QED) is 0.655. The van der Waals surface area contributed by atoms with Crippen LogP contribution in [0.3, 0.4) is 0 Å². The molecule has 1 aromatic rings. The van der Waals surface area contributed by atoms with Crippen LogP contribution >= 0.6 is 0 Å². The third-order valence-corrected chi connectivity index (χ3v) is 3.28. The Morgan fingerprint density at radius 1 is 0.818 bits per heavy atom. The molecule has 1 rings (SSSR count). The standard InChI is InChI=1S/C18H31NO3/c1-5-9-20-14-12-16(21-10-6-2)18(15(19)8-4)17(13-14)22-11-7-3/h12-13,15H,5-11,19H2,1-4H3. The van der Waals surface area contributed by atoms with Gasteiger partial charge in [0.15, 0.2) is 0 Å². The lowest BCUT2D eigenvalue weighted by molar-refractivity contribution is 0.279. The van der Waals surface area contributed by atoms with E-state index < -0.39 is 0 Å². The zero-order valence-corrected chi connectivity index (χ0v) is 14.5. The van der Waals surface area contributed by atoms with E-state index in [-0.39, 0.29) is 6.04 Å². The van der Waals surface area contributed by atoms with E-state index in [0.29, 0.717) is 19.8 Å². The highest BCUT2D eigenvalue weighted by Crippen LogP contribution is 2.39. The zero-order chi connectivity index (χ0) is 16.4. The van der Waals surface area contributed by atoms with E-state index in [1.54, 1.807) is 0 Å². The molecule has 0 aliphatic rings. The van der Waals surface area contributed by atoms with Gasteiger partial charge in [-0.2, -0.15) is 0 Å². The van der Waals surface area contributed by atoms with Crippen molar-refractivity contribution in [3.05, 3.63) is 17.7 Å². The Morgan fingerprint density at radius 3 is 1.68 bits per heavy atom. The van der Waals surface area contributed by atoms with E-state index in [2.05, 4.69) is 27.7 Å². The van der Waals surface area contributed by atoms with Crippen molar-refractivity contribution in [1.29, 1.82) is 0 Å². The van der Waals surface area contributed by atoms with Gasteiger partial charge in [0.05, 0.1) is 25.4 Å². The smallest absolute Gasteiger partial charge is 0.131 e. The van der Waals surface area contributed by atoms with Gasteiger partial charge in [-0.05, 0) is 25.7 Å². The Kier molecular flexibility index (Phi) is 8.75. The summed E-state index contributed by atoms with van der Waals surface area (Å²) in [7, 11) is 0. The fraction of sp³-hybridized carbons (Fsp3) is 0.667. The normalized spacial score (nSPS) is 12.0. The summed E-state index contributed by atoms with van der Waals surface area (Å²) in [6.45, 7) is 10.3. The van der Waals surface area contributed by atoms with Crippen molar-refractivity contribution in [2.45, 2.75) is 59.4 Å². The lowest BCUT2D eigenvalue weighted by atomic mass is 10.0. The van der Waals surface area contributed by atoms with E-state index in [9.17, 15) is 0 Å². The minimum Gasteiger partial charge on any atom is -0.493 e. The van der Waals surface area contributed by atoms with E-state index in [1.165, 1.54) is 0 Å². The summed E-state index contributed by atoms with van der Waals surface area (Å²) in [5.74, 6) is 2.36. The van der Waals surface area contributed by atoms with Gasteiger partial charge in [-0.15, -0.1) is 0 Å². The highest BCUT2D eigenvalue weighted by atomic mass is 16.5. The fourth-order valence-electron chi connectivity index (χ4n) is 2.11. The summed E-state index contributed by atoms with van der Waals surface area (Å²) in [5.41, 5.74) is 7.24. The molecule has 4 nitrogen and oxygen atoms in total. The first kappa shape index (κ1) is 18.6. The summed E-state index contributed by atoms with van der Waals surface area (Å²) in [5, 5.41) is 0. The van der Waals surface area contributed by atoms with Crippen LogP contribution in [0.4, 0.5) is 0 Å². The van der Waals surface area contributed by atoms with Gasteiger partial charge in [-0.1, -0.05) is 27.7 Å². The molecule has 0 amide bonds. The summed E-state index contributed by atoms with van der Waals surface area (Å²) in [6.07, 6.45) is 3.70. The molecule has 126 valence electrons. The van der Waals surface area contributed by atoms with Crippen molar-refractivity contribution in [3.8, 4) is 17.2 Å². The molecule has 0 bridgehead atoms. The maximum absolute atomic E-state index is 6.29. The molecule has 0 fully saturated rings. The zero-order valence-electron chi connectivity index (χ0n) is 14.5. The second-order valence-electron chi connectivity index (χ2n) is 5.39. The van der Waals surface area contributed by atoms with E-state index in [0.717, 1.165) is 48.5 Å². The molecule has 0 spiro atoms. The molecular weight excluding hydrogens is 278 g/mol. The Morgan fingerprint density at radius 2 is 1.27 bits per heavy atom. The molecule has 0 heterocycles. The van der Waals surface area contributed by atoms with E-state index in [4.69, 9.17) is 19.9 Å². The summed E-state index contributed by atoms with van der Waals surface area (Å²) >= 11 is 0. The van der Waals surface area contributed by atoms with Crippen molar-refractivity contribution >= 4 is 0 Å². The predicted molar refractivity (Wildman–Crippen MR) is 91.0 cm³/mol. The molecule has 2 N–H and O–H groups in total. The van der Waals surface area contributed by atoms with Crippen LogP contribution in [0.5, 0.6) is 17.2 Å². The number of nitrogens with two attached hydrogens (primary N) is 1. The maximum Gasteiger partial charge on any atom is 0.131 e. The molecule has 0 aromatic heterocycles. The third-order valence-electron chi connectivity index (χ3n) is 3.28. The predicted octanol–water partition coefficient (Wildman–Crippen LogP) is 4.46. The van der Waals surface area contributed by atoms with Gasteiger partial charge >= 0.3 is 0 Å². The van der Waals surface area contributed by atoms with Crippen LogP contribution in [0.1, 0.15) is 65.0 Å². The van der Waals surface area contributed by atoms with Gasteiger partial charge in [0.1, 0.15) is 17.2 Å². The highest BCUT2D eigenvalue weighted by molar-refractivity contribution is 5.52. The van der Waals surface area contributed by atoms with Gasteiger partial charge in [0.2, 0.25) is 0 Å². The van der Waals surface area contributed by atoms with Crippen molar-refractivity contribution in [2.24, 2.45) is 5.73 Å². The van der Waals surface area contributed by atoms with Gasteiger partial charge in [0, 0.05) is 18.2 Å². The van der Waals surface area contributed by atoms with Crippen LogP contribution in [0.15, 0.2) is 12.1 Å². The number of ether oxygens (including phenoxy) is 3. The molecule has 1 unspecified atom stereocenters. The minimum absolute atomic E-state index is 0.0982. The first-order valence-corrected chi connectivity index (χ1v) is 8.49. The first-order chi connectivity index (χ1) is 10.7. The Labute approximate surface area is 134 Å². The average Bonchev–Trinajstić information content (AvgIpc) is 2.55. The van der Waals surface area contributed by atoms with Crippen LogP contribution in [0.25, 0.3) is 0 Å². The average molecular weight is 309 g/mol. The Bertz CT molecular complexity index is 405. The van der Waals surface area contributed by atoms with Crippen LogP contribution in [0.2, 0.25) is 0 Å². The lowest BCUT2D eigenvalue weighted by Crippen LogP contribution is -2.14. The summed E-state index contributed by atoms with van der Waals surface area (Å²) in [6, 6.07) is 3.78.